The van der Waals surface area contributed by atoms with Crippen LogP contribution in [0.3, 0.4) is 0 Å². The van der Waals surface area contributed by atoms with Crippen molar-refractivity contribution < 1.29 is 77.3 Å². The molecule has 3 aliphatic heterocycles. The summed E-state index contributed by atoms with van der Waals surface area (Å²) in [6, 6.07) is 0. The first-order valence-electron chi connectivity index (χ1n) is 15.1. The Morgan fingerprint density at radius 2 is 0.756 bits per heavy atom. The van der Waals surface area contributed by atoms with Crippen LogP contribution in [0.15, 0.2) is 0 Å². The van der Waals surface area contributed by atoms with Crippen LogP contribution < -0.4 is 0 Å². The maximum Gasteiger partial charge on any atom is 0.187 e. The molecule has 15 atom stereocenters. The molecule has 0 bridgehead atoms. The second-order valence-electron chi connectivity index (χ2n) is 11.4. The molecule has 0 saturated carbocycles. The zero-order valence-corrected chi connectivity index (χ0v) is 27.3. The van der Waals surface area contributed by atoms with E-state index in [0.29, 0.717) is 0 Å². The third-order valence-electron chi connectivity index (χ3n) is 9.10. The molecule has 0 aromatic rings. The van der Waals surface area contributed by atoms with Gasteiger partial charge in [0.15, 0.2) is 18.9 Å². The Morgan fingerprint density at radius 1 is 0.400 bits per heavy atom. The summed E-state index contributed by atoms with van der Waals surface area (Å²) in [5.41, 5.74) is 0. The highest BCUT2D eigenvalue weighted by Gasteiger charge is 2.55. The van der Waals surface area contributed by atoms with E-state index in [0.717, 1.165) is 0 Å². The average molecular weight is 659 g/mol. The lowest BCUT2D eigenvalue weighted by Gasteiger charge is -2.51. The number of methoxy groups -OCH3 is 7. The highest BCUT2D eigenvalue weighted by Crippen LogP contribution is 2.40. The molecule has 0 aromatic carbocycles. The van der Waals surface area contributed by atoms with Crippen molar-refractivity contribution in [1.82, 2.24) is 0 Å². The fraction of sp³-hybridized carbons (Fsp3) is 1.00. The SMILES string of the molecule is COCC1O[C@H](O[C@@H]2C(OC)[C@@H](O[C@@H]3C(OC)[C@@H](OC)OC(COC)[C@H]3CO)OC(COC)[C@H]2CO)C(OC)[C@@H](CO)[C@@H]1CO. The molecule has 0 amide bonds. The largest absolute Gasteiger partial charge is 0.396 e. The van der Waals surface area contributed by atoms with Crippen LogP contribution in [0.4, 0.5) is 0 Å². The molecule has 3 aliphatic rings. The Labute approximate surface area is 264 Å². The van der Waals surface area contributed by atoms with Crippen LogP contribution in [0.25, 0.3) is 0 Å². The van der Waals surface area contributed by atoms with Gasteiger partial charge in [-0.25, -0.2) is 0 Å². The predicted molar refractivity (Wildman–Crippen MR) is 153 cm³/mol. The number of aliphatic hydroxyl groups is 4. The van der Waals surface area contributed by atoms with Crippen molar-refractivity contribution in [1.29, 1.82) is 0 Å². The van der Waals surface area contributed by atoms with E-state index in [2.05, 4.69) is 0 Å². The molecule has 0 spiro atoms. The Morgan fingerprint density at radius 3 is 1.11 bits per heavy atom. The topological polar surface area (TPSA) is 192 Å². The Bertz CT molecular complexity index is 810. The summed E-state index contributed by atoms with van der Waals surface area (Å²) < 4.78 is 71.0. The lowest BCUT2D eigenvalue weighted by atomic mass is 9.81. The first-order valence-corrected chi connectivity index (χ1v) is 15.1. The lowest BCUT2D eigenvalue weighted by molar-refractivity contribution is -0.377. The van der Waals surface area contributed by atoms with Gasteiger partial charge in [-0.05, 0) is 0 Å². The van der Waals surface area contributed by atoms with E-state index in [-0.39, 0.29) is 46.2 Å². The van der Waals surface area contributed by atoms with Crippen molar-refractivity contribution in [3.05, 3.63) is 0 Å². The molecular formula is C29H54O16. The van der Waals surface area contributed by atoms with Gasteiger partial charge in [0.25, 0.3) is 0 Å². The minimum absolute atomic E-state index is 0.0800. The maximum absolute atomic E-state index is 10.6. The summed E-state index contributed by atoms with van der Waals surface area (Å²) in [7, 11) is 10.4. The van der Waals surface area contributed by atoms with Gasteiger partial charge in [0.2, 0.25) is 0 Å². The Hall–Kier alpha value is -0.640. The van der Waals surface area contributed by atoms with Crippen LogP contribution in [-0.4, -0.2) is 184 Å². The van der Waals surface area contributed by atoms with Crippen LogP contribution in [-0.2, 0) is 56.8 Å². The summed E-state index contributed by atoms with van der Waals surface area (Å²) in [6.07, 6.45) is -9.18. The van der Waals surface area contributed by atoms with Crippen molar-refractivity contribution >= 4 is 0 Å². The summed E-state index contributed by atoms with van der Waals surface area (Å²) >= 11 is 0. The molecule has 16 heteroatoms. The summed E-state index contributed by atoms with van der Waals surface area (Å²) in [6.45, 7) is -0.874. The van der Waals surface area contributed by atoms with E-state index in [4.69, 9.17) is 56.8 Å². The van der Waals surface area contributed by atoms with E-state index in [1.807, 2.05) is 0 Å². The summed E-state index contributed by atoms with van der Waals surface area (Å²) in [5, 5.41) is 41.5. The van der Waals surface area contributed by atoms with E-state index in [1.54, 1.807) is 0 Å². The van der Waals surface area contributed by atoms with Gasteiger partial charge in [-0.2, -0.15) is 0 Å². The van der Waals surface area contributed by atoms with Gasteiger partial charge in [0.1, 0.15) is 18.3 Å². The number of hydrogen-bond acceptors (Lipinski definition) is 16. The second-order valence-corrected chi connectivity index (χ2v) is 11.4. The molecule has 3 fully saturated rings. The zero-order chi connectivity index (χ0) is 33.1. The average Bonchev–Trinajstić information content (AvgIpc) is 3.04. The van der Waals surface area contributed by atoms with Gasteiger partial charge in [-0.15, -0.1) is 0 Å². The monoisotopic (exact) mass is 658 g/mol. The smallest absolute Gasteiger partial charge is 0.187 e. The molecule has 6 unspecified atom stereocenters. The van der Waals surface area contributed by atoms with E-state index in [9.17, 15) is 20.4 Å². The molecule has 266 valence electrons. The van der Waals surface area contributed by atoms with Gasteiger partial charge in [-0.3, -0.25) is 0 Å². The normalized spacial score (nSPS) is 42.6. The van der Waals surface area contributed by atoms with Crippen molar-refractivity contribution in [2.24, 2.45) is 23.7 Å². The standard InChI is InChI=1S/C29H54O16/c1-34-12-19-15(8-30)16(9-31)24(37-4)28(42-19)44-23-18(11-33)21(14-36-3)43-29(26(23)39-6)45-22-17(10-32)20(13-35-2)41-27(40-7)25(22)38-5/h15-33H,8-14H2,1-7H3/t15-,16-,17+,18+,19?,20?,21?,22-,23-,24?,25?,26?,27-,28+,29+/m0/s1. The van der Waals surface area contributed by atoms with Crippen LogP contribution in [0.2, 0.25) is 0 Å². The van der Waals surface area contributed by atoms with Crippen LogP contribution >= 0.6 is 0 Å². The fourth-order valence-electron chi connectivity index (χ4n) is 6.76. The fourth-order valence-corrected chi connectivity index (χ4v) is 6.76. The summed E-state index contributed by atoms with van der Waals surface area (Å²) in [5.74, 6) is -2.31. The van der Waals surface area contributed by atoms with Crippen molar-refractivity contribution in [2.45, 2.75) is 67.7 Å². The Balaban J connectivity index is 1.99. The first-order chi connectivity index (χ1) is 21.9. The summed E-state index contributed by atoms with van der Waals surface area (Å²) in [4.78, 5) is 0. The molecule has 0 aliphatic carbocycles. The van der Waals surface area contributed by atoms with E-state index >= 15 is 0 Å². The van der Waals surface area contributed by atoms with Crippen LogP contribution in [0.1, 0.15) is 0 Å². The second kappa shape index (κ2) is 19.4. The third kappa shape index (κ3) is 8.70. The highest BCUT2D eigenvalue weighted by molar-refractivity contribution is 4.97. The van der Waals surface area contributed by atoms with Gasteiger partial charge in [0, 0.05) is 86.7 Å². The van der Waals surface area contributed by atoms with Crippen LogP contribution in [0.5, 0.6) is 0 Å². The van der Waals surface area contributed by atoms with Gasteiger partial charge >= 0.3 is 0 Å². The van der Waals surface area contributed by atoms with Crippen molar-refractivity contribution in [3.8, 4) is 0 Å². The molecule has 16 nitrogen and oxygen atoms in total. The van der Waals surface area contributed by atoms with Crippen LogP contribution in [0, 0.1) is 23.7 Å². The molecule has 0 aromatic heterocycles. The number of aliphatic hydroxyl groups excluding tert-OH is 4. The quantitative estimate of drug-likeness (QED) is 0.126. The molecule has 45 heavy (non-hydrogen) atoms. The maximum atomic E-state index is 10.6. The molecule has 3 rings (SSSR count). The van der Waals surface area contributed by atoms with Gasteiger partial charge < -0.3 is 77.3 Å². The molecule has 3 saturated heterocycles. The molecule has 0 radical (unpaired) electrons. The zero-order valence-electron chi connectivity index (χ0n) is 27.3. The molecule has 4 N–H and O–H groups in total. The molecule has 3 heterocycles. The third-order valence-corrected chi connectivity index (χ3v) is 9.10. The van der Waals surface area contributed by atoms with E-state index < -0.39 is 91.4 Å². The highest BCUT2D eigenvalue weighted by atomic mass is 16.8. The number of rotatable bonds is 18. The van der Waals surface area contributed by atoms with Gasteiger partial charge in [0.05, 0.1) is 63.6 Å². The predicted octanol–water partition coefficient (Wildman–Crippen LogP) is -2.00. The first kappa shape index (κ1) is 38.8. The lowest BCUT2D eigenvalue weighted by Crippen LogP contribution is -2.65. The van der Waals surface area contributed by atoms with Crippen molar-refractivity contribution in [3.63, 3.8) is 0 Å². The van der Waals surface area contributed by atoms with E-state index in [1.165, 1.54) is 49.8 Å². The van der Waals surface area contributed by atoms with Crippen molar-refractivity contribution in [2.75, 3.05) is 96.0 Å². The minimum atomic E-state index is -1.11. The molecular weight excluding hydrogens is 604 g/mol. The number of ether oxygens (including phenoxy) is 12. The Kier molecular flexibility index (Phi) is 16.7. The minimum Gasteiger partial charge on any atom is -0.396 e. The number of hydrogen-bond donors (Lipinski definition) is 4. The van der Waals surface area contributed by atoms with Gasteiger partial charge in [-0.1, -0.05) is 0 Å².